The number of nitrogens with zero attached hydrogens (tertiary/aromatic N) is 4. The third kappa shape index (κ3) is 5.90. The summed E-state index contributed by atoms with van der Waals surface area (Å²) >= 11 is 5.96. The highest BCUT2D eigenvalue weighted by molar-refractivity contribution is 6.30. The summed E-state index contributed by atoms with van der Waals surface area (Å²) in [4.78, 5) is 14.5. The third-order valence-electron chi connectivity index (χ3n) is 5.97. The fourth-order valence-corrected chi connectivity index (χ4v) is 4.28. The SMILES string of the molecule is O=C(NCCc1nnc2n1CCN(Cc1cccc(Oc3ccc(Cl)cc3)c1)CC2)c1ccoc1. The van der Waals surface area contributed by atoms with Crippen molar-refractivity contribution in [3.05, 3.63) is 94.9 Å². The van der Waals surface area contributed by atoms with Gasteiger partial charge >= 0.3 is 0 Å². The summed E-state index contributed by atoms with van der Waals surface area (Å²) < 4.78 is 13.1. The average molecular weight is 492 g/mol. The molecule has 0 radical (unpaired) electrons. The van der Waals surface area contributed by atoms with Gasteiger partial charge in [-0.25, -0.2) is 0 Å². The zero-order valence-corrected chi connectivity index (χ0v) is 19.9. The molecule has 0 atom stereocenters. The molecule has 3 heterocycles. The zero-order valence-electron chi connectivity index (χ0n) is 19.2. The number of hydrogen-bond acceptors (Lipinski definition) is 6. The molecule has 180 valence electrons. The van der Waals surface area contributed by atoms with E-state index in [4.69, 9.17) is 20.8 Å². The normalized spacial score (nSPS) is 13.7. The van der Waals surface area contributed by atoms with Crippen molar-refractivity contribution < 1.29 is 13.9 Å². The van der Waals surface area contributed by atoms with E-state index in [0.29, 0.717) is 23.6 Å². The van der Waals surface area contributed by atoms with Crippen molar-refractivity contribution in [3.8, 4) is 11.5 Å². The second-order valence-electron chi connectivity index (χ2n) is 8.43. The highest BCUT2D eigenvalue weighted by Crippen LogP contribution is 2.24. The van der Waals surface area contributed by atoms with Gasteiger partial charge in [0, 0.05) is 50.6 Å². The van der Waals surface area contributed by atoms with Gasteiger partial charge in [0.1, 0.15) is 29.4 Å². The molecule has 0 saturated carbocycles. The minimum Gasteiger partial charge on any atom is -0.472 e. The summed E-state index contributed by atoms with van der Waals surface area (Å²) in [7, 11) is 0. The van der Waals surface area contributed by atoms with Crippen LogP contribution in [0.2, 0.25) is 5.02 Å². The van der Waals surface area contributed by atoms with E-state index in [9.17, 15) is 4.79 Å². The Morgan fingerprint density at radius 3 is 2.77 bits per heavy atom. The third-order valence-corrected chi connectivity index (χ3v) is 6.22. The first-order chi connectivity index (χ1) is 17.1. The number of amides is 1. The molecule has 0 spiro atoms. The molecule has 2 aromatic heterocycles. The Hall–Kier alpha value is -3.62. The van der Waals surface area contributed by atoms with Crippen molar-refractivity contribution in [1.82, 2.24) is 25.0 Å². The molecule has 0 aliphatic carbocycles. The molecule has 1 N–H and O–H groups in total. The van der Waals surface area contributed by atoms with Crippen LogP contribution >= 0.6 is 11.6 Å². The number of furan rings is 1. The first-order valence-electron chi connectivity index (χ1n) is 11.6. The van der Waals surface area contributed by atoms with E-state index in [1.54, 1.807) is 6.07 Å². The van der Waals surface area contributed by atoms with Crippen LogP contribution in [0.5, 0.6) is 11.5 Å². The van der Waals surface area contributed by atoms with Crippen LogP contribution < -0.4 is 10.1 Å². The molecule has 5 rings (SSSR count). The number of hydrogen-bond donors (Lipinski definition) is 1. The number of carbonyl (C=O) groups excluding carboxylic acids is 1. The van der Waals surface area contributed by atoms with Gasteiger partial charge in [-0.1, -0.05) is 23.7 Å². The van der Waals surface area contributed by atoms with E-state index in [1.165, 1.54) is 18.1 Å². The van der Waals surface area contributed by atoms with Crippen LogP contribution in [0.3, 0.4) is 0 Å². The van der Waals surface area contributed by atoms with Crippen molar-refractivity contribution in [3.63, 3.8) is 0 Å². The van der Waals surface area contributed by atoms with Crippen LogP contribution in [0.25, 0.3) is 0 Å². The highest BCUT2D eigenvalue weighted by atomic mass is 35.5. The lowest BCUT2D eigenvalue weighted by atomic mass is 10.2. The Morgan fingerprint density at radius 2 is 1.94 bits per heavy atom. The molecule has 1 aliphatic rings. The maximum Gasteiger partial charge on any atom is 0.254 e. The number of aromatic nitrogens is 3. The number of rotatable bonds is 8. The second kappa shape index (κ2) is 10.8. The monoisotopic (exact) mass is 491 g/mol. The Morgan fingerprint density at radius 1 is 1.06 bits per heavy atom. The van der Waals surface area contributed by atoms with Crippen LogP contribution in [0, 0.1) is 0 Å². The summed E-state index contributed by atoms with van der Waals surface area (Å²) in [5.41, 5.74) is 1.71. The smallest absolute Gasteiger partial charge is 0.254 e. The lowest BCUT2D eigenvalue weighted by Crippen LogP contribution is -2.28. The van der Waals surface area contributed by atoms with Crippen molar-refractivity contribution in [2.24, 2.45) is 0 Å². The molecular formula is C26H26ClN5O3. The van der Waals surface area contributed by atoms with Crippen molar-refractivity contribution in [2.75, 3.05) is 19.6 Å². The van der Waals surface area contributed by atoms with E-state index in [1.807, 2.05) is 36.4 Å². The van der Waals surface area contributed by atoms with E-state index in [-0.39, 0.29) is 5.91 Å². The first kappa shape index (κ1) is 23.1. The lowest BCUT2D eigenvalue weighted by molar-refractivity contribution is 0.0953. The average Bonchev–Trinajstić information content (AvgIpc) is 3.49. The lowest BCUT2D eigenvalue weighted by Gasteiger charge is -2.20. The van der Waals surface area contributed by atoms with Crippen molar-refractivity contribution in [2.45, 2.75) is 25.9 Å². The quantitative estimate of drug-likeness (QED) is 0.394. The molecule has 0 fully saturated rings. The van der Waals surface area contributed by atoms with Gasteiger partial charge in [-0.15, -0.1) is 10.2 Å². The van der Waals surface area contributed by atoms with Gasteiger partial charge in [0.15, 0.2) is 0 Å². The van der Waals surface area contributed by atoms with Gasteiger partial charge in [-0.3, -0.25) is 9.69 Å². The van der Waals surface area contributed by atoms with Crippen LogP contribution in [-0.4, -0.2) is 45.2 Å². The number of benzene rings is 2. The Bertz CT molecular complexity index is 1270. The summed E-state index contributed by atoms with van der Waals surface area (Å²) in [6.07, 6.45) is 4.38. The molecule has 1 amide bonds. The van der Waals surface area contributed by atoms with Crippen molar-refractivity contribution >= 4 is 17.5 Å². The molecule has 1 aliphatic heterocycles. The van der Waals surface area contributed by atoms with Gasteiger partial charge in [0.05, 0.1) is 11.8 Å². The molecule has 0 bridgehead atoms. The standard InChI is InChI=1S/C26H26ClN5O3/c27-21-4-6-22(7-5-21)35-23-3-1-2-19(16-23)17-31-12-9-25-30-29-24(32(25)14-13-31)8-11-28-26(33)20-10-15-34-18-20/h1-7,10,15-16,18H,8-9,11-14,17H2,(H,28,33). The van der Waals surface area contributed by atoms with E-state index >= 15 is 0 Å². The second-order valence-corrected chi connectivity index (χ2v) is 8.87. The van der Waals surface area contributed by atoms with Gasteiger partial charge in [0.25, 0.3) is 5.91 Å². The highest BCUT2D eigenvalue weighted by Gasteiger charge is 2.19. The topological polar surface area (TPSA) is 85.4 Å². The molecule has 9 heteroatoms. The molecule has 0 saturated heterocycles. The maximum atomic E-state index is 12.1. The number of fused-ring (bicyclic) bond motifs is 1. The number of carbonyl (C=O) groups is 1. The minimum absolute atomic E-state index is 0.150. The number of ether oxygens (including phenoxy) is 1. The number of nitrogens with one attached hydrogen (secondary N) is 1. The molecule has 4 aromatic rings. The fourth-order valence-electron chi connectivity index (χ4n) is 4.16. The summed E-state index contributed by atoms with van der Waals surface area (Å²) in [5.74, 6) is 3.29. The van der Waals surface area contributed by atoms with E-state index < -0.39 is 0 Å². The number of halogens is 1. The van der Waals surface area contributed by atoms with Gasteiger partial charge < -0.3 is 19.0 Å². The first-order valence-corrected chi connectivity index (χ1v) is 12.0. The summed E-state index contributed by atoms with van der Waals surface area (Å²) in [6.45, 7) is 3.92. The predicted octanol–water partition coefficient (Wildman–Crippen LogP) is 4.35. The van der Waals surface area contributed by atoms with Crippen molar-refractivity contribution in [1.29, 1.82) is 0 Å². The predicted molar refractivity (Wildman–Crippen MR) is 132 cm³/mol. The van der Waals surface area contributed by atoms with Crippen LogP contribution in [0.4, 0.5) is 0 Å². The van der Waals surface area contributed by atoms with Gasteiger partial charge in [-0.05, 0) is 48.0 Å². The molecule has 35 heavy (non-hydrogen) atoms. The van der Waals surface area contributed by atoms with Crippen LogP contribution in [-0.2, 0) is 25.9 Å². The van der Waals surface area contributed by atoms with Gasteiger partial charge in [0.2, 0.25) is 0 Å². The Labute approximate surface area is 208 Å². The maximum absolute atomic E-state index is 12.1. The molecule has 2 aromatic carbocycles. The van der Waals surface area contributed by atoms with Crippen LogP contribution in [0.1, 0.15) is 27.6 Å². The fraction of sp³-hybridized carbons (Fsp3) is 0.269. The molecular weight excluding hydrogens is 466 g/mol. The largest absolute Gasteiger partial charge is 0.472 e. The van der Waals surface area contributed by atoms with E-state index in [0.717, 1.165) is 55.7 Å². The summed E-state index contributed by atoms with van der Waals surface area (Å²) in [6, 6.07) is 17.2. The summed E-state index contributed by atoms with van der Waals surface area (Å²) in [5, 5.41) is 12.4. The molecule has 0 unspecified atom stereocenters. The minimum atomic E-state index is -0.150. The van der Waals surface area contributed by atoms with Crippen LogP contribution in [0.15, 0.2) is 71.5 Å². The Balaban J connectivity index is 1.15. The van der Waals surface area contributed by atoms with E-state index in [2.05, 4.69) is 37.1 Å². The Kier molecular flexibility index (Phi) is 7.11. The molecule has 8 nitrogen and oxygen atoms in total. The zero-order chi connectivity index (χ0) is 24.0. The van der Waals surface area contributed by atoms with Gasteiger partial charge in [-0.2, -0.15) is 0 Å².